The van der Waals surface area contributed by atoms with Gasteiger partial charge in [0.15, 0.2) is 0 Å². The lowest BCUT2D eigenvalue weighted by Gasteiger charge is -2.32. The quantitative estimate of drug-likeness (QED) is 0.397. The van der Waals surface area contributed by atoms with Crippen LogP contribution in [0.15, 0.2) is 0 Å². The fourth-order valence-corrected chi connectivity index (χ4v) is 2.33. The third kappa shape index (κ3) is 9.20. The standard InChI is InChI=1S/C15H26Cl2O4/c1-3-5-8-15(4-2,21-14(19)7-11-17)9-12-20-13(18)6-10-16/h3-12H2,1-2H3. The second-order valence-corrected chi connectivity index (χ2v) is 5.72. The van der Waals surface area contributed by atoms with E-state index in [4.69, 9.17) is 32.7 Å². The van der Waals surface area contributed by atoms with Crippen molar-refractivity contribution >= 4 is 35.1 Å². The van der Waals surface area contributed by atoms with Crippen LogP contribution in [0.4, 0.5) is 0 Å². The van der Waals surface area contributed by atoms with Crippen LogP contribution in [0, 0.1) is 0 Å². The lowest BCUT2D eigenvalue weighted by atomic mass is 9.90. The first-order valence-electron chi connectivity index (χ1n) is 7.53. The van der Waals surface area contributed by atoms with E-state index in [1.807, 2.05) is 6.92 Å². The normalized spacial score (nSPS) is 13.5. The molecule has 21 heavy (non-hydrogen) atoms. The Morgan fingerprint density at radius 3 is 2.14 bits per heavy atom. The van der Waals surface area contributed by atoms with Crippen molar-refractivity contribution < 1.29 is 19.1 Å². The Morgan fingerprint density at radius 2 is 1.62 bits per heavy atom. The number of hydrogen-bond donors (Lipinski definition) is 0. The van der Waals surface area contributed by atoms with Crippen LogP contribution >= 0.6 is 23.2 Å². The van der Waals surface area contributed by atoms with Crippen molar-refractivity contribution in [2.45, 2.75) is 64.4 Å². The van der Waals surface area contributed by atoms with E-state index in [2.05, 4.69) is 6.92 Å². The molecule has 6 heteroatoms. The monoisotopic (exact) mass is 340 g/mol. The first kappa shape index (κ1) is 20.5. The summed E-state index contributed by atoms with van der Waals surface area (Å²) in [5.74, 6) is -0.123. The molecule has 0 saturated carbocycles. The SMILES string of the molecule is CCCCC(CC)(CCOC(=O)CCCl)OC(=O)CCCl. The molecule has 4 nitrogen and oxygen atoms in total. The van der Waals surface area contributed by atoms with Gasteiger partial charge in [-0.15, -0.1) is 23.2 Å². The highest BCUT2D eigenvalue weighted by Gasteiger charge is 2.32. The molecule has 0 aliphatic carbocycles. The Morgan fingerprint density at radius 1 is 1.00 bits per heavy atom. The lowest BCUT2D eigenvalue weighted by Crippen LogP contribution is -2.36. The minimum atomic E-state index is -0.569. The maximum Gasteiger partial charge on any atom is 0.307 e. The Labute approximate surface area is 137 Å². The van der Waals surface area contributed by atoms with E-state index in [0.717, 1.165) is 19.3 Å². The van der Waals surface area contributed by atoms with Crippen molar-refractivity contribution in [3.8, 4) is 0 Å². The second-order valence-electron chi connectivity index (χ2n) is 4.96. The summed E-state index contributed by atoms with van der Waals surface area (Å²) in [6.07, 6.45) is 4.32. The van der Waals surface area contributed by atoms with Crippen LogP contribution in [0.1, 0.15) is 58.8 Å². The van der Waals surface area contributed by atoms with Gasteiger partial charge in [0.05, 0.1) is 19.4 Å². The summed E-state index contributed by atoms with van der Waals surface area (Å²) in [6.45, 7) is 4.30. The molecule has 0 heterocycles. The zero-order chi connectivity index (χ0) is 16.1. The highest BCUT2D eigenvalue weighted by molar-refractivity contribution is 6.19. The van der Waals surface area contributed by atoms with E-state index >= 15 is 0 Å². The van der Waals surface area contributed by atoms with Gasteiger partial charge in [-0.25, -0.2) is 0 Å². The molecule has 0 aliphatic heterocycles. The number of rotatable bonds is 12. The maximum absolute atomic E-state index is 11.7. The van der Waals surface area contributed by atoms with Crippen molar-refractivity contribution in [3.63, 3.8) is 0 Å². The van der Waals surface area contributed by atoms with Gasteiger partial charge in [0.2, 0.25) is 0 Å². The number of alkyl halides is 2. The Hall–Kier alpha value is -0.480. The Balaban J connectivity index is 4.54. The highest BCUT2D eigenvalue weighted by atomic mass is 35.5. The van der Waals surface area contributed by atoms with Gasteiger partial charge >= 0.3 is 11.9 Å². The van der Waals surface area contributed by atoms with Gasteiger partial charge in [0.1, 0.15) is 5.60 Å². The number of unbranched alkanes of at least 4 members (excludes halogenated alkanes) is 1. The van der Waals surface area contributed by atoms with Crippen molar-refractivity contribution in [1.29, 1.82) is 0 Å². The summed E-state index contributed by atoms with van der Waals surface area (Å²) in [5.41, 5.74) is -0.569. The van der Waals surface area contributed by atoms with Crippen LogP contribution in [0.2, 0.25) is 0 Å². The molecule has 1 unspecified atom stereocenters. The molecular formula is C15H26Cl2O4. The number of carbonyl (C=O) groups is 2. The summed E-state index contributed by atoms with van der Waals surface area (Å²) in [7, 11) is 0. The second kappa shape index (κ2) is 12.1. The maximum atomic E-state index is 11.7. The summed E-state index contributed by atoms with van der Waals surface area (Å²) in [5, 5.41) is 0. The van der Waals surface area contributed by atoms with Gasteiger partial charge < -0.3 is 9.47 Å². The number of esters is 2. The third-order valence-corrected chi connectivity index (χ3v) is 3.76. The molecule has 0 rings (SSSR count). The number of hydrogen-bond acceptors (Lipinski definition) is 4. The van der Waals surface area contributed by atoms with E-state index in [9.17, 15) is 9.59 Å². The van der Waals surface area contributed by atoms with Crippen LogP contribution in [0.3, 0.4) is 0 Å². The molecule has 0 N–H and O–H groups in total. The fourth-order valence-electron chi connectivity index (χ4n) is 2.02. The molecule has 0 saturated heterocycles. The molecule has 1 atom stereocenters. The molecule has 0 amide bonds. The summed E-state index contributed by atoms with van der Waals surface area (Å²) < 4.78 is 10.8. The first-order chi connectivity index (χ1) is 10.0. The van der Waals surface area contributed by atoms with Gasteiger partial charge in [0, 0.05) is 18.2 Å². The average Bonchev–Trinajstić information content (AvgIpc) is 2.45. The van der Waals surface area contributed by atoms with Gasteiger partial charge in [-0.3, -0.25) is 9.59 Å². The Kier molecular flexibility index (Phi) is 11.8. The highest BCUT2D eigenvalue weighted by Crippen LogP contribution is 2.28. The molecule has 0 bridgehead atoms. The van der Waals surface area contributed by atoms with Crippen LogP contribution in [-0.2, 0) is 19.1 Å². The van der Waals surface area contributed by atoms with Crippen LogP contribution < -0.4 is 0 Å². The third-order valence-electron chi connectivity index (χ3n) is 3.38. The average molecular weight is 341 g/mol. The summed E-state index contributed by atoms with van der Waals surface area (Å²) in [4.78, 5) is 23.1. The van der Waals surface area contributed by atoms with Crippen molar-refractivity contribution in [2.24, 2.45) is 0 Å². The molecule has 0 aliphatic rings. The van der Waals surface area contributed by atoms with Crippen LogP contribution in [0.25, 0.3) is 0 Å². The predicted molar refractivity (Wildman–Crippen MR) is 84.9 cm³/mol. The number of carbonyl (C=O) groups excluding carboxylic acids is 2. The minimum absolute atomic E-state index is 0.196. The Bertz CT molecular complexity index is 310. The van der Waals surface area contributed by atoms with E-state index in [1.54, 1.807) is 0 Å². The molecule has 0 aromatic carbocycles. The van der Waals surface area contributed by atoms with E-state index < -0.39 is 5.60 Å². The fraction of sp³-hybridized carbons (Fsp3) is 0.867. The molecule has 0 aromatic heterocycles. The van der Waals surface area contributed by atoms with E-state index in [1.165, 1.54) is 0 Å². The van der Waals surface area contributed by atoms with E-state index in [-0.39, 0.29) is 43.1 Å². The van der Waals surface area contributed by atoms with Crippen molar-refractivity contribution in [2.75, 3.05) is 18.4 Å². The minimum Gasteiger partial charge on any atom is -0.465 e. The van der Waals surface area contributed by atoms with Gasteiger partial charge in [-0.2, -0.15) is 0 Å². The molecule has 0 aromatic rings. The zero-order valence-corrected chi connectivity index (χ0v) is 14.5. The smallest absolute Gasteiger partial charge is 0.307 e. The van der Waals surface area contributed by atoms with Gasteiger partial charge in [0.25, 0.3) is 0 Å². The molecular weight excluding hydrogens is 315 g/mol. The molecule has 0 spiro atoms. The van der Waals surface area contributed by atoms with Crippen molar-refractivity contribution in [1.82, 2.24) is 0 Å². The summed E-state index contributed by atoms with van der Waals surface area (Å²) in [6, 6.07) is 0. The predicted octanol–water partition coefficient (Wildman–Crippen LogP) is 4.06. The number of halogens is 2. The van der Waals surface area contributed by atoms with Crippen LogP contribution in [0.5, 0.6) is 0 Å². The molecule has 0 radical (unpaired) electrons. The zero-order valence-electron chi connectivity index (χ0n) is 13.0. The van der Waals surface area contributed by atoms with Gasteiger partial charge in [-0.05, 0) is 19.3 Å². The molecule has 0 fully saturated rings. The van der Waals surface area contributed by atoms with Crippen LogP contribution in [-0.4, -0.2) is 35.9 Å². The molecule has 124 valence electrons. The lowest BCUT2D eigenvalue weighted by molar-refractivity contribution is -0.164. The topological polar surface area (TPSA) is 52.6 Å². The first-order valence-corrected chi connectivity index (χ1v) is 8.59. The van der Waals surface area contributed by atoms with Crippen molar-refractivity contribution in [3.05, 3.63) is 0 Å². The summed E-state index contributed by atoms with van der Waals surface area (Å²) >= 11 is 11.1. The van der Waals surface area contributed by atoms with E-state index in [0.29, 0.717) is 12.8 Å². The largest absolute Gasteiger partial charge is 0.465 e. The number of ether oxygens (including phenoxy) is 2. The van der Waals surface area contributed by atoms with Gasteiger partial charge in [-0.1, -0.05) is 20.3 Å².